The lowest BCUT2D eigenvalue weighted by Crippen LogP contribution is -2.37. The zero-order valence-corrected chi connectivity index (χ0v) is 15.6. The van der Waals surface area contributed by atoms with Gasteiger partial charge in [0.2, 0.25) is 11.6 Å². The number of aryl methyl sites for hydroxylation is 1. The third kappa shape index (κ3) is 4.14. The van der Waals surface area contributed by atoms with Crippen molar-refractivity contribution in [3.8, 4) is 5.82 Å². The molecular weight excluding hydrogens is 382 g/mol. The third-order valence-electron chi connectivity index (χ3n) is 4.27. The van der Waals surface area contributed by atoms with Crippen LogP contribution in [0.4, 0.5) is 5.82 Å². The molecule has 0 atom stereocenters. The second-order valence-electron chi connectivity index (χ2n) is 6.31. The summed E-state index contributed by atoms with van der Waals surface area (Å²) in [5, 5.41) is 19.2. The molecule has 0 saturated carbocycles. The molecule has 1 saturated heterocycles. The second-order valence-corrected chi connectivity index (χ2v) is 6.31. The van der Waals surface area contributed by atoms with Crippen LogP contribution >= 0.6 is 0 Å². The molecule has 0 spiro atoms. The van der Waals surface area contributed by atoms with Crippen molar-refractivity contribution >= 4 is 17.9 Å². The van der Waals surface area contributed by atoms with Gasteiger partial charge in [0.05, 0.1) is 25.1 Å². The van der Waals surface area contributed by atoms with Crippen molar-refractivity contribution < 1.29 is 18.6 Å². The molecular formula is C16H19N9O4. The highest BCUT2D eigenvalue weighted by atomic mass is 16.6. The first kappa shape index (κ1) is 18.8. The Kier molecular flexibility index (Phi) is 5.31. The Morgan fingerprint density at radius 1 is 1.34 bits per heavy atom. The van der Waals surface area contributed by atoms with E-state index in [1.807, 2.05) is 6.92 Å². The molecule has 0 unspecified atom stereocenters. The van der Waals surface area contributed by atoms with Crippen molar-refractivity contribution in [3.05, 3.63) is 35.0 Å². The van der Waals surface area contributed by atoms with Gasteiger partial charge in [0, 0.05) is 19.6 Å². The third-order valence-corrected chi connectivity index (χ3v) is 4.27. The number of aromatic nitrogens is 5. The predicted octanol–water partition coefficient (Wildman–Crippen LogP) is -0.270. The van der Waals surface area contributed by atoms with Crippen LogP contribution in [-0.2, 0) is 11.3 Å². The number of nitrogen functional groups attached to an aromatic ring is 1. The Bertz CT molecular complexity index is 1020. The van der Waals surface area contributed by atoms with Gasteiger partial charge in [0.15, 0.2) is 5.69 Å². The molecule has 4 rings (SSSR count). The SMILES string of the molecule is Cc1ccc(/C=N\NC(=O)c2nnn(-c3nonc3N)c2CN2CCOCC2)o1. The molecule has 3 aromatic rings. The van der Waals surface area contributed by atoms with E-state index in [0.717, 1.165) is 5.76 Å². The monoisotopic (exact) mass is 401 g/mol. The standard InChI is InChI=1S/C16H19N9O4/c1-10-2-3-11(28-10)8-18-20-16(26)13-12(9-24-4-6-27-7-5-24)25(23-19-13)15-14(17)21-29-22-15/h2-3,8H,4-7,9H2,1H3,(H2,17,21)(H,20,26)/b18-8-. The van der Waals surface area contributed by atoms with E-state index in [1.54, 1.807) is 12.1 Å². The number of amides is 1. The smallest absolute Gasteiger partial charge is 0.293 e. The minimum absolute atomic E-state index is 0.0382. The number of hydrogen-bond donors (Lipinski definition) is 2. The van der Waals surface area contributed by atoms with Crippen molar-refractivity contribution in [2.45, 2.75) is 13.5 Å². The Labute approximate surface area is 164 Å². The van der Waals surface area contributed by atoms with Crippen LogP contribution in [0.2, 0.25) is 0 Å². The lowest BCUT2D eigenvalue weighted by molar-refractivity contribution is 0.0332. The summed E-state index contributed by atoms with van der Waals surface area (Å²) in [5.74, 6) is 0.925. The van der Waals surface area contributed by atoms with Gasteiger partial charge in [0.1, 0.15) is 11.5 Å². The van der Waals surface area contributed by atoms with Crippen LogP contribution in [-0.4, -0.2) is 68.6 Å². The van der Waals surface area contributed by atoms with Crippen molar-refractivity contribution in [1.82, 2.24) is 35.6 Å². The molecule has 3 N–H and O–H groups in total. The molecule has 0 aromatic carbocycles. The van der Waals surface area contributed by atoms with Crippen LogP contribution in [0.15, 0.2) is 26.3 Å². The number of morpholine rings is 1. The van der Waals surface area contributed by atoms with Gasteiger partial charge >= 0.3 is 0 Å². The van der Waals surface area contributed by atoms with Gasteiger partial charge in [-0.2, -0.15) is 9.78 Å². The van der Waals surface area contributed by atoms with E-state index in [1.165, 1.54) is 10.9 Å². The van der Waals surface area contributed by atoms with E-state index in [9.17, 15) is 4.79 Å². The Hall–Kier alpha value is -3.58. The summed E-state index contributed by atoms with van der Waals surface area (Å²) in [6.45, 7) is 4.81. The molecule has 13 heteroatoms. The van der Waals surface area contributed by atoms with Crippen molar-refractivity contribution in [2.75, 3.05) is 32.0 Å². The first-order chi connectivity index (χ1) is 14.1. The fourth-order valence-corrected chi connectivity index (χ4v) is 2.83. The summed E-state index contributed by atoms with van der Waals surface area (Å²) in [7, 11) is 0. The fourth-order valence-electron chi connectivity index (χ4n) is 2.83. The number of nitrogens with one attached hydrogen (secondary N) is 1. The maximum Gasteiger partial charge on any atom is 0.293 e. The van der Waals surface area contributed by atoms with Gasteiger partial charge in [-0.3, -0.25) is 9.69 Å². The van der Waals surface area contributed by atoms with Gasteiger partial charge in [0.25, 0.3) is 5.91 Å². The molecule has 29 heavy (non-hydrogen) atoms. The maximum atomic E-state index is 12.7. The molecule has 1 fully saturated rings. The summed E-state index contributed by atoms with van der Waals surface area (Å²) in [6, 6.07) is 3.54. The van der Waals surface area contributed by atoms with Crippen LogP contribution in [0.5, 0.6) is 0 Å². The van der Waals surface area contributed by atoms with Crippen LogP contribution in [0.25, 0.3) is 5.82 Å². The average Bonchev–Trinajstić information content (AvgIpc) is 3.43. The summed E-state index contributed by atoms with van der Waals surface area (Å²) in [5.41, 5.74) is 8.78. The normalized spacial score (nSPS) is 15.2. The van der Waals surface area contributed by atoms with Crippen LogP contribution in [0, 0.1) is 6.92 Å². The fraction of sp³-hybridized carbons (Fsp3) is 0.375. The van der Waals surface area contributed by atoms with Crippen molar-refractivity contribution in [2.24, 2.45) is 5.10 Å². The highest BCUT2D eigenvalue weighted by Crippen LogP contribution is 2.18. The van der Waals surface area contributed by atoms with Gasteiger partial charge < -0.3 is 14.9 Å². The van der Waals surface area contributed by atoms with Gasteiger partial charge in [-0.1, -0.05) is 5.21 Å². The van der Waals surface area contributed by atoms with E-state index in [2.05, 4.69) is 40.7 Å². The van der Waals surface area contributed by atoms with E-state index >= 15 is 0 Å². The molecule has 0 radical (unpaired) electrons. The number of rotatable bonds is 6. The molecule has 1 aliphatic rings. The highest BCUT2D eigenvalue weighted by Gasteiger charge is 2.26. The number of nitrogens with zero attached hydrogens (tertiary/aromatic N) is 7. The minimum Gasteiger partial charge on any atom is -0.460 e. The summed E-state index contributed by atoms with van der Waals surface area (Å²) in [4.78, 5) is 14.8. The van der Waals surface area contributed by atoms with Crippen molar-refractivity contribution in [3.63, 3.8) is 0 Å². The average molecular weight is 401 g/mol. The van der Waals surface area contributed by atoms with Gasteiger partial charge in [-0.25, -0.2) is 10.1 Å². The van der Waals surface area contributed by atoms with Gasteiger partial charge in [-0.05, 0) is 29.4 Å². The Morgan fingerprint density at radius 2 is 2.17 bits per heavy atom. The summed E-state index contributed by atoms with van der Waals surface area (Å²) < 4.78 is 16.7. The zero-order chi connectivity index (χ0) is 20.2. The molecule has 1 amide bonds. The van der Waals surface area contributed by atoms with Crippen LogP contribution < -0.4 is 11.2 Å². The number of furan rings is 1. The van der Waals surface area contributed by atoms with E-state index < -0.39 is 5.91 Å². The second kappa shape index (κ2) is 8.20. The van der Waals surface area contributed by atoms with E-state index in [4.69, 9.17) is 14.9 Å². The molecule has 4 heterocycles. The van der Waals surface area contributed by atoms with Crippen LogP contribution in [0.1, 0.15) is 27.7 Å². The number of carbonyl (C=O) groups is 1. The maximum absolute atomic E-state index is 12.7. The quantitative estimate of drug-likeness (QED) is 0.415. The topological polar surface area (TPSA) is 163 Å². The van der Waals surface area contributed by atoms with Crippen molar-refractivity contribution in [1.29, 1.82) is 0 Å². The minimum atomic E-state index is -0.533. The first-order valence-electron chi connectivity index (χ1n) is 8.84. The number of hydrazone groups is 1. The summed E-state index contributed by atoms with van der Waals surface area (Å²) >= 11 is 0. The molecule has 1 aliphatic heterocycles. The number of ether oxygens (including phenoxy) is 1. The highest BCUT2D eigenvalue weighted by molar-refractivity contribution is 5.94. The first-order valence-corrected chi connectivity index (χ1v) is 8.84. The number of carbonyl (C=O) groups excluding carboxylic acids is 1. The molecule has 13 nitrogen and oxygen atoms in total. The Balaban J connectivity index is 1.57. The molecule has 0 aliphatic carbocycles. The molecule has 152 valence electrons. The number of anilines is 1. The zero-order valence-electron chi connectivity index (χ0n) is 15.6. The lowest BCUT2D eigenvalue weighted by atomic mass is 10.2. The largest absolute Gasteiger partial charge is 0.460 e. The Morgan fingerprint density at radius 3 is 2.86 bits per heavy atom. The van der Waals surface area contributed by atoms with Gasteiger partial charge in [-0.15, -0.1) is 5.10 Å². The predicted molar refractivity (Wildman–Crippen MR) is 98.2 cm³/mol. The van der Waals surface area contributed by atoms with Crippen LogP contribution in [0.3, 0.4) is 0 Å². The number of nitrogens with two attached hydrogens (primary N) is 1. The number of hydrogen-bond acceptors (Lipinski definition) is 11. The molecule has 0 bridgehead atoms. The van der Waals surface area contributed by atoms with E-state index in [-0.39, 0.29) is 17.3 Å². The van der Waals surface area contributed by atoms with E-state index in [0.29, 0.717) is 44.3 Å². The summed E-state index contributed by atoms with van der Waals surface area (Å²) in [6.07, 6.45) is 1.40. The lowest BCUT2D eigenvalue weighted by Gasteiger charge is -2.26. The molecule has 3 aromatic heterocycles.